The molecule has 0 heterocycles. The van der Waals surface area contributed by atoms with E-state index in [2.05, 4.69) is 26.1 Å². The monoisotopic (exact) mass is 329 g/mol. The molecule has 126 valence electrons. The van der Waals surface area contributed by atoms with Gasteiger partial charge in [0.25, 0.3) is 0 Å². The van der Waals surface area contributed by atoms with E-state index in [0.29, 0.717) is 5.75 Å². The predicted octanol–water partition coefficient (Wildman–Crippen LogP) is 4.00. The Labute approximate surface area is 139 Å². The van der Waals surface area contributed by atoms with Gasteiger partial charge in [0.05, 0.1) is 5.69 Å². The number of ether oxygens (including phenoxy) is 1. The lowest BCUT2D eigenvalue weighted by molar-refractivity contribution is 0.0693. The number of hydrogen-bond donors (Lipinski definition) is 3. The van der Waals surface area contributed by atoms with E-state index in [-0.39, 0.29) is 16.7 Å². The van der Waals surface area contributed by atoms with Gasteiger partial charge in [-0.25, -0.2) is 9.59 Å². The molecule has 2 aromatic rings. The van der Waals surface area contributed by atoms with Crippen LogP contribution in [0.3, 0.4) is 0 Å². The van der Waals surface area contributed by atoms with Gasteiger partial charge in [-0.15, -0.1) is 0 Å². The molecular weight excluding hydrogens is 310 g/mol. The van der Waals surface area contributed by atoms with E-state index in [0.717, 1.165) is 5.56 Å². The van der Waals surface area contributed by atoms with E-state index in [1.54, 1.807) is 12.1 Å². The maximum absolute atomic E-state index is 11.9. The number of nitrogens with one attached hydrogen (secondary N) is 1. The second kappa shape index (κ2) is 6.62. The zero-order valence-electron chi connectivity index (χ0n) is 13.7. The van der Waals surface area contributed by atoms with Gasteiger partial charge >= 0.3 is 12.1 Å². The number of hydrogen-bond acceptors (Lipinski definition) is 4. The molecule has 3 N–H and O–H groups in total. The molecule has 6 nitrogen and oxygen atoms in total. The Bertz CT molecular complexity index is 760. The van der Waals surface area contributed by atoms with Crippen molar-refractivity contribution in [3.63, 3.8) is 0 Å². The number of carbonyl (C=O) groups excluding carboxylic acids is 1. The third-order valence-corrected chi connectivity index (χ3v) is 3.43. The van der Waals surface area contributed by atoms with Crippen molar-refractivity contribution in [2.24, 2.45) is 0 Å². The van der Waals surface area contributed by atoms with Gasteiger partial charge in [0.2, 0.25) is 0 Å². The summed E-state index contributed by atoms with van der Waals surface area (Å²) in [5.74, 6) is -1.47. The van der Waals surface area contributed by atoms with Crippen molar-refractivity contribution in [1.82, 2.24) is 0 Å². The van der Waals surface area contributed by atoms with Crippen molar-refractivity contribution >= 4 is 17.7 Å². The number of carboxylic acid groups (broad SMARTS) is 1. The van der Waals surface area contributed by atoms with Crippen LogP contribution in [0.2, 0.25) is 0 Å². The van der Waals surface area contributed by atoms with Crippen LogP contribution in [0.5, 0.6) is 11.5 Å². The van der Waals surface area contributed by atoms with Crippen molar-refractivity contribution in [1.29, 1.82) is 0 Å². The van der Waals surface area contributed by atoms with Crippen molar-refractivity contribution in [3.05, 3.63) is 53.6 Å². The summed E-state index contributed by atoms with van der Waals surface area (Å²) >= 11 is 0. The highest BCUT2D eigenvalue weighted by atomic mass is 16.6. The molecule has 0 fully saturated rings. The van der Waals surface area contributed by atoms with E-state index >= 15 is 0 Å². The maximum atomic E-state index is 11.9. The standard InChI is InChI=1S/C18H19NO5/c1-18(2,3)11-7-9-12(10-8-11)24-17(23)19-14-6-4-5-13(15(14)20)16(21)22/h4-10,20H,1-3H3,(H,19,23)(H,21,22). The molecule has 0 aliphatic carbocycles. The molecule has 2 aromatic carbocycles. The summed E-state index contributed by atoms with van der Waals surface area (Å²) in [6.07, 6.45) is -0.823. The number of para-hydroxylation sites is 1. The van der Waals surface area contributed by atoms with Crippen molar-refractivity contribution in [2.45, 2.75) is 26.2 Å². The minimum atomic E-state index is -1.29. The molecule has 0 aromatic heterocycles. The van der Waals surface area contributed by atoms with Gasteiger partial charge in [-0.2, -0.15) is 0 Å². The molecule has 24 heavy (non-hydrogen) atoms. The molecule has 6 heteroatoms. The molecular formula is C18H19NO5. The fraction of sp³-hybridized carbons (Fsp3) is 0.222. The fourth-order valence-electron chi connectivity index (χ4n) is 2.08. The third kappa shape index (κ3) is 4.04. The molecule has 2 rings (SSSR count). The lowest BCUT2D eigenvalue weighted by atomic mass is 9.87. The number of anilines is 1. The summed E-state index contributed by atoms with van der Waals surface area (Å²) in [5, 5.41) is 21.1. The number of aromatic hydroxyl groups is 1. The Balaban J connectivity index is 2.09. The number of aromatic carboxylic acids is 1. The minimum absolute atomic E-state index is 0.0101. The van der Waals surface area contributed by atoms with Crippen LogP contribution < -0.4 is 10.1 Å². The highest BCUT2D eigenvalue weighted by Crippen LogP contribution is 2.28. The zero-order chi connectivity index (χ0) is 17.9. The van der Waals surface area contributed by atoms with Gasteiger partial charge in [0.15, 0.2) is 5.75 Å². The number of rotatable bonds is 3. The van der Waals surface area contributed by atoms with E-state index in [4.69, 9.17) is 9.84 Å². The molecule has 0 saturated heterocycles. The number of carboxylic acids is 1. The Kier molecular flexibility index (Phi) is 4.78. The molecule has 0 aliphatic heterocycles. The summed E-state index contributed by atoms with van der Waals surface area (Å²) < 4.78 is 5.13. The Hall–Kier alpha value is -3.02. The molecule has 0 spiro atoms. The second-order valence-corrected chi connectivity index (χ2v) is 6.30. The Morgan fingerprint density at radius 2 is 1.67 bits per heavy atom. The highest BCUT2D eigenvalue weighted by Gasteiger charge is 2.16. The highest BCUT2D eigenvalue weighted by molar-refractivity contribution is 5.96. The van der Waals surface area contributed by atoms with Gasteiger partial charge in [0.1, 0.15) is 11.3 Å². The predicted molar refractivity (Wildman–Crippen MR) is 89.9 cm³/mol. The first kappa shape index (κ1) is 17.3. The number of benzene rings is 2. The molecule has 0 bridgehead atoms. The average Bonchev–Trinajstić information content (AvgIpc) is 2.48. The fourth-order valence-corrected chi connectivity index (χ4v) is 2.08. The normalized spacial score (nSPS) is 11.0. The first-order valence-corrected chi connectivity index (χ1v) is 7.33. The molecule has 1 amide bonds. The quantitative estimate of drug-likeness (QED) is 0.740. The van der Waals surface area contributed by atoms with E-state index in [1.165, 1.54) is 18.2 Å². The SMILES string of the molecule is CC(C)(C)c1ccc(OC(=O)Nc2cccc(C(=O)O)c2O)cc1. The lowest BCUT2D eigenvalue weighted by Crippen LogP contribution is -2.17. The Morgan fingerprint density at radius 3 is 2.21 bits per heavy atom. The largest absolute Gasteiger partial charge is 0.505 e. The van der Waals surface area contributed by atoms with Gasteiger partial charge in [-0.3, -0.25) is 5.32 Å². The van der Waals surface area contributed by atoms with E-state index in [9.17, 15) is 14.7 Å². The van der Waals surface area contributed by atoms with Crippen LogP contribution in [0, 0.1) is 0 Å². The van der Waals surface area contributed by atoms with E-state index in [1.807, 2.05) is 12.1 Å². The Morgan fingerprint density at radius 1 is 1.04 bits per heavy atom. The van der Waals surface area contributed by atoms with Gasteiger partial charge in [0, 0.05) is 0 Å². The molecule has 0 radical (unpaired) electrons. The maximum Gasteiger partial charge on any atom is 0.417 e. The first-order chi connectivity index (χ1) is 11.2. The third-order valence-electron chi connectivity index (χ3n) is 3.43. The van der Waals surface area contributed by atoms with Crippen LogP contribution >= 0.6 is 0 Å². The van der Waals surface area contributed by atoms with Crippen molar-refractivity contribution in [3.8, 4) is 11.5 Å². The van der Waals surface area contributed by atoms with E-state index < -0.39 is 17.8 Å². The van der Waals surface area contributed by atoms with Crippen LogP contribution in [-0.2, 0) is 5.41 Å². The molecule has 0 saturated carbocycles. The van der Waals surface area contributed by atoms with Gasteiger partial charge in [-0.1, -0.05) is 39.0 Å². The van der Waals surface area contributed by atoms with Gasteiger partial charge in [-0.05, 0) is 35.2 Å². The van der Waals surface area contributed by atoms with Crippen LogP contribution in [0.15, 0.2) is 42.5 Å². The molecule has 0 unspecified atom stereocenters. The topological polar surface area (TPSA) is 95.9 Å². The van der Waals surface area contributed by atoms with Crippen LogP contribution in [0.1, 0.15) is 36.7 Å². The average molecular weight is 329 g/mol. The summed E-state index contributed by atoms with van der Waals surface area (Å²) in [7, 11) is 0. The van der Waals surface area contributed by atoms with Crippen molar-refractivity contribution in [2.75, 3.05) is 5.32 Å². The van der Waals surface area contributed by atoms with Gasteiger partial charge < -0.3 is 14.9 Å². The van der Waals surface area contributed by atoms with Crippen LogP contribution in [0.25, 0.3) is 0 Å². The van der Waals surface area contributed by atoms with Crippen LogP contribution in [-0.4, -0.2) is 22.3 Å². The summed E-state index contributed by atoms with van der Waals surface area (Å²) in [5.41, 5.74) is 0.750. The number of carbonyl (C=O) groups is 2. The zero-order valence-corrected chi connectivity index (χ0v) is 13.7. The summed E-state index contributed by atoms with van der Waals surface area (Å²) in [4.78, 5) is 22.9. The van der Waals surface area contributed by atoms with Crippen molar-refractivity contribution < 1.29 is 24.5 Å². The molecule has 0 aliphatic rings. The summed E-state index contributed by atoms with van der Waals surface area (Å²) in [6, 6.07) is 11.1. The minimum Gasteiger partial charge on any atom is -0.505 e. The first-order valence-electron chi connectivity index (χ1n) is 7.33. The number of phenols is 1. The smallest absolute Gasteiger partial charge is 0.417 e. The second-order valence-electron chi connectivity index (χ2n) is 6.30. The summed E-state index contributed by atoms with van der Waals surface area (Å²) in [6.45, 7) is 6.23. The molecule has 0 atom stereocenters. The lowest BCUT2D eigenvalue weighted by Gasteiger charge is -2.19. The van der Waals surface area contributed by atoms with Crippen LogP contribution in [0.4, 0.5) is 10.5 Å². The number of amides is 1.